The molecule has 4 rings (SSSR count). The van der Waals surface area contributed by atoms with E-state index in [1.165, 1.54) is 18.9 Å². The zero-order valence-electron chi connectivity index (χ0n) is 16.6. The van der Waals surface area contributed by atoms with Crippen LogP contribution in [0.15, 0.2) is 16.7 Å². The SMILES string of the molecule is CC(=O)O[C@@H]1[C@@H](O)[C@H]2[C@@H](Cc3occc3[C@@H]2C)[C@]2(C)CCCC(C)(C)[C@@H]12. The summed E-state index contributed by atoms with van der Waals surface area (Å²) in [6, 6.07) is 2.04. The first-order valence-electron chi connectivity index (χ1n) is 10.1. The van der Waals surface area contributed by atoms with E-state index in [1.54, 1.807) is 6.26 Å². The number of aliphatic hydroxyl groups excluding tert-OH is 1. The van der Waals surface area contributed by atoms with E-state index in [4.69, 9.17) is 9.15 Å². The molecule has 0 aromatic carbocycles. The summed E-state index contributed by atoms with van der Waals surface area (Å²) in [6.07, 6.45) is 5.02. The van der Waals surface area contributed by atoms with Gasteiger partial charge in [-0.3, -0.25) is 4.79 Å². The maximum Gasteiger partial charge on any atom is 0.303 e. The third kappa shape index (κ3) is 2.41. The van der Waals surface area contributed by atoms with Gasteiger partial charge in [-0.25, -0.2) is 0 Å². The molecule has 4 heteroatoms. The third-order valence-corrected chi connectivity index (χ3v) is 8.02. The topological polar surface area (TPSA) is 59.7 Å². The van der Waals surface area contributed by atoms with Gasteiger partial charge in [-0.1, -0.05) is 34.1 Å². The fourth-order valence-electron chi connectivity index (χ4n) is 7.13. The molecule has 0 radical (unpaired) electrons. The van der Waals surface area contributed by atoms with Gasteiger partial charge >= 0.3 is 5.97 Å². The van der Waals surface area contributed by atoms with Gasteiger partial charge in [0, 0.05) is 19.3 Å². The quantitative estimate of drug-likeness (QED) is 0.758. The fraction of sp³-hybridized carbons (Fsp3) is 0.773. The van der Waals surface area contributed by atoms with Crippen LogP contribution in [0.5, 0.6) is 0 Å². The van der Waals surface area contributed by atoms with Crippen LogP contribution in [0.2, 0.25) is 0 Å². The number of carbonyl (C=O) groups excluding carboxylic acids is 1. The molecule has 0 spiro atoms. The number of carbonyl (C=O) groups is 1. The maximum absolute atomic E-state index is 11.9. The normalized spacial score (nSPS) is 43.8. The minimum atomic E-state index is -0.627. The van der Waals surface area contributed by atoms with Crippen LogP contribution in [-0.4, -0.2) is 23.3 Å². The zero-order chi connectivity index (χ0) is 18.9. The van der Waals surface area contributed by atoms with Crippen LogP contribution in [0.25, 0.3) is 0 Å². The van der Waals surface area contributed by atoms with Crippen molar-refractivity contribution in [3.05, 3.63) is 23.7 Å². The molecule has 0 unspecified atom stereocenters. The molecule has 26 heavy (non-hydrogen) atoms. The molecular formula is C22H32O4. The first kappa shape index (κ1) is 18.1. The predicted octanol–water partition coefficient (Wildman–Crippen LogP) is 4.31. The summed E-state index contributed by atoms with van der Waals surface area (Å²) < 4.78 is 11.6. The molecule has 1 N–H and O–H groups in total. The van der Waals surface area contributed by atoms with Gasteiger partial charge in [-0.15, -0.1) is 0 Å². The highest BCUT2D eigenvalue weighted by Crippen LogP contribution is 2.65. The van der Waals surface area contributed by atoms with Crippen molar-refractivity contribution >= 4 is 5.97 Å². The van der Waals surface area contributed by atoms with Crippen molar-refractivity contribution in [1.29, 1.82) is 0 Å². The highest BCUT2D eigenvalue weighted by atomic mass is 16.6. The summed E-state index contributed by atoms with van der Waals surface area (Å²) in [6.45, 7) is 10.6. The van der Waals surface area contributed by atoms with Gasteiger partial charge in [-0.05, 0) is 53.1 Å². The number of esters is 1. The highest BCUT2D eigenvalue weighted by Gasteiger charge is 2.64. The molecule has 0 amide bonds. The third-order valence-electron chi connectivity index (χ3n) is 8.02. The molecule has 144 valence electrons. The second kappa shape index (κ2) is 5.85. The summed E-state index contributed by atoms with van der Waals surface area (Å²) in [5.41, 5.74) is 1.28. The van der Waals surface area contributed by atoms with Gasteiger partial charge < -0.3 is 14.3 Å². The molecule has 0 aliphatic heterocycles. The summed E-state index contributed by atoms with van der Waals surface area (Å²) in [4.78, 5) is 11.9. The van der Waals surface area contributed by atoms with Crippen molar-refractivity contribution in [2.45, 2.75) is 78.4 Å². The van der Waals surface area contributed by atoms with Crippen molar-refractivity contribution in [1.82, 2.24) is 0 Å². The van der Waals surface area contributed by atoms with Gasteiger partial charge in [0.2, 0.25) is 0 Å². The van der Waals surface area contributed by atoms with E-state index in [0.29, 0.717) is 5.92 Å². The minimum absolute atomic E-state index is 0.0322. The summed E-state index contributed by atoms with van der Waals surface area (Å²) >= 11 is 0. The Morgan fingerprint density at radius 2 is 2.04 bits per heavy atom. The Balaban J connectivity index is 1.84. The van der Waals surface area contributed by atoms with Crippen LogP contribution in [0.4, 0.5) is 0 Å². The van der Waals surface area contributed by atoms with E-state index < -0.39 is 12.2 Å². The molecule has 2 fully saturated rings. The molecule has 1 aromatic heterocycles. The molecule has 4 nitrogen and oxygen atoms in total. The van der Waals surface area contributed by atoms with E-state index >= 15 is 0 Å². The van der Waals surface area contributed by atoms with Crippen LogP contribution >= 0.6 is 0 Å². The smallest absolute Gasteiger partial charge is 0.303 e. The zero-order valence-corrected chi connectivity index (χ0v) is 16.6. The van der Waals surface area contributed by atoms with Gasteiger partial charge in [-0.2, -0.15) is 0 Å². The second-order valence-corrected chi connectivity index (χ2v) is 9.87. The predicted molar refractivity (Wildman–Crippen MR) is 98.6 cm³/mol. The molecule has 1 aromatic rings. The van der Waals surface area contributed by atoms with Crippen molar-refractivity contribution in [2.24, 2.45) is 28.6 Å². The number of aliphatic hydroxyl groups is 1. The van der Waals surface area contributed by atoms with Crippen LogP contribution in [0.3, 0.4) is 0 Å². The standard InChI is InChI=1S/C22H32O4/c1-12-14-7-10-25-16(14)11-15-17(12)18(24)19(26-13(2)23)20-21(3,4)8-6-9-22(15,20)5/h7,10,12,15,17-20,24H,6,8-9,11H2,1-5H3/t12-,15+,17+,18-,19+,20+,22-/m0/s1. The van der Waals surface area contributed by atoms with Crippen molar-refractivity contribution < 1.29 is 19.1 Å². The minimum Gasteiger partial charge on any atom is -0.469 e. The number of fused-ring (bicyclic) bond motifs is 4. The molecule has 0 bridgehead atoms. The molecule has 1 heterocycles. The van der Waals surface area contributed by atoms with Gasteiger partial charge in [0.1, 0.15) is 11.9 Å². The Bertz CT molecular complexity index is 705. The van der Waals surface area contributed by atoms with Crippen LogP contribution in [-0.2, 0) is 16.0 Å². The molecule has 2 saturated carbocycles. The van der Waals surface area contributed by atoms with Crippen LogP contribution in [0.1, 0.15) is 71.1 Å². The van der Waals surface area contributed by atoms with Crippen molar-refractivity contribution in [3.63, 3.8) is 0 Å². The van der Waals surface area contributed by atoms with E-state index in [-0.39, 0.29) is 34.6 Å². The number of furan rings is 1. The first-order chi connectivity index (χ1) is 12.2. The number of ether oxygens (including phenoxy) is 1. The molecule has 0 saturated heterocycles. The van der Waals surface area contributed by atoms with E-state index in [2.05, 4.69) is 27.7 Å². The lowest BCUT2D eigenvalue weighted by Gasteiger charge is -2.64. The highest BCUT2D eigenvalue weighted by molar-refractivity contribution is 5.66. The van der Waals surface area contributed by atoms with Crippen molar-refractivity contribution in [2.75, 3.05) is 0 Å². The number of hydrogen-bond acceptors (Lipinski definition) is 4. The van der Waals surface area contributed by atoms with E-state index in [1.807, 2.05) is 6.07 Å². The molecule has 3 aliphatic rings. The lowest BCUT2D eigenvalue weighted by molar-refractivity contribution is -0.229. The van der Waals surface area contributed by atoms with Gasteiger partial charge in [0.05, 0.1) is 12.4 Å². The van der Waals surface area contributed by atoms with Gasteiger partial charge in [0.25, 0.3) is 0 Å². The lowest BCUT2D eigenvalue weighted by Crippen LogP contribution is -2.65. The van der Waals surface area contributed by atoms with E-state index in [9.17, 15) is 9.90 Å². The summed E-state index contributed by atoms with van der Waals surface area (Å²) in [7, 11) is 0. The monoisotopic (exact) mass is 360 g/mol. The average Bonchev–Trinajstić information content (AvgIpc) is 3.00. The Morgan fingerprint density at radius 3 is 2.73 bits per heavy atom. The second-order valence-electron chi connectivity index (χ2n) is 9.87. The Labute approximate surface area is 156 Å². The maximum atomic E-state index is 11.9. The van der Waals surface area contributed by atoms with Gasteiger partial charge in [0.15, 0.2) is 0 Å². The Hall–Kier alpha value is -1.29. The Morgan fingerprint density at radius 1 is 1.31 bits per heavy atom. The van der Waals surface area contributed by atoms with Crippen molar-refractivity contribution in [3.8, 4) is 0 Å². The number of rotatable bonds is 1. The summed E-state index contributed by atoms with van der Waals surface area (Å²) in [5, 5.41) is 11.4. The number of hydrogen-bond donors (Lipinski definition) is 1. The average molecular weight is 360 g/mol. The lowest BCUT2D eigenvalue weighted by atomic mass is 9.42. The summed E-state index contributed by atoms with van der Waals surface area (Å²) in [5.74, 6) is 1.61. The molecule has 7 atom stereocenters. The first-order valence-corrected chi connectivity index (χ1v) is 10.1. The van der Waals surface area contributed by atoms with Crippen LogP contribution in [0, 0.1) is 28.6 Å². The Kier molecular flexibility index (Phi) is 4.07. The largest absolute Gasteiger partial charge is 0.469 e. The molecular weight excluding hydrogens is 328 g/mol. The van der Waals surface area contributed by atoms with Crippen LogP contribution < -0.4 is 0 Å². The fourth-order valence-corrected chi connectivity index (χ4v) is 7.13. The molecule has 3 aliphatic carbocycles. The van der Waals surface area contributed by atoms with E-state index in [0.717, 1.165) is 25.0 Å².